The van der Waals surface area contributed by atoms with Crippen molar-refractivity contribution in [3.05, 3.63) is 52.3 Å². The van der Waals surface area contributed by atoms with Crippen molar-refractivity contribution in [2.75, 3.05) is 11.4 Å². The van der Waals surface area contributed by atoms with Crippen molar-refractivity contribution in [3.63, 3.8) is 0 Å². The van der Waals surface area contributed by atoms with Crippen LogP contribution in [-0.4, -0.2) is 27.2 Å². The molecule has 26 heavy (non-hydrogen) atoms. The molecule has 3 heterocycles. The average Bonchev–Trinajstić information content (AvgIpc) is 2.88. The van der Waals surface area contributed by atoms with Crippen LogP contribution in [0.15, 0.2) is 18.2 Å². The van der Waals surface area contributed by atoms with Crippen molar-refractivity contribution in [3.8, 4) is 0 Å². The summed E-state index contributed by atoms with van der Waals surface area (Å²) in [5, 5.41) is 5.06. The number of fused-ring (bicyclic) bond motifs is 2. The first-order valence-electron chi connectivity index (χ1n) is 8.47. The SMILES string of the molecule is Cc1cc(C(=O)N2CCCc3cc(F)c(F)cc32)c2c(C)nn(C)c2n1. The Balaban J connectivity index is 1.88. The molecule has 0 saturated carbocycles. The molecule has 0 saturated heterocycles. The van der Waals surface area contributed by atoms with Crippen LogP contribution in [-0.2, 0) is 13.5 Å². The Hall–Kier alpha value is -2.83. The van der Waals surface area contributed by atoms with Gasteiger partial charge in [-0.25, -0.2) is 13.8 Å². The van der Waals surface area contributed by atoms with Gasteiger partial charge in [0.15, 0.2) is 17.3 Å². The Kier molecular flexibility index (Phi) is 3.75. The van der Waals surface area contributed by atoms with E-state index in [-0.39, 0.29) is 5.91 Å². The van der Waals surface area contributed by atoms with Crippen LogP contribution in [0.1, 0.15) is 33.7 Å². The van der Waals surface area contributed by atoms with Crippen LogP contribution in [0.2, 0.25) is 0 Å². The maximum Gasteiger partial charge on any atom is 0.259 e. The van der Waals surface area contributed by atoms with Crippen LogP contribution in [0.3, 0.4) is 0 Å². The number of aromatic nitrogens is 3. The van der Waals surface area contributed by atoms with E-state index in [0.717, 1.165) is 6.07 Å². The molecule has 1 amide bonds. The van der Waals surface area contributed by atoms with E-state index in [1.807, 2.05) is 13.8 Å². The van der Waals surface area contributed by atoms with Gasteiger partial charge < -0.3 is 4.90 Å². The zero-order valence-corrected chi connectivity index (χ0v) is 14.8. The molecule has 0 fully saturated rings. The van der Waals surface area contributed by atoms with Crippen LogP contribution in [0.4, 0.5) is 14.5 Å². The highest BCUT2D eigenvalue weighted by Gasteiger charge is 2.28. The molecule has 134 valence electrons. The number of nitrogens with zero attached hydrogens (tertiary/aromatic N) is 4. The molecule has 0 unspecified atom stereocenters. The maximum atomic E-state index is 13.8. The van der Waals surface area contributed by atoms with E-state index in [1.54, 1.807) is 17.8 Å². The molecule has 0 aliphatic carbocycles. The second-order valence-electron chi connectivity index (χ2n) is 6.67. The van der Waals surface area contributed by atoms with Crippen LogP contribution < -0.4 is 4.90 Å². The minimum Gasteiger partial charge on any atom is -0.308 e. The van der Waals surface area contributed by atoms with E-state index in [1.165, 1.54) is 11.0 Å². The van der Waals surface area contributed by atoms with Gasteiger partial charge >= 0.3 is 0 Å². The summed E-state index contributed by atoms with van der Waals surface area (Å²) < 4.78 is 29.0. The predicted molar refractivity (Wildman–Crippen MR) is 94.3 cm³/mol. The highest BCUT2D eigenvalue weighted by Crippen LogP contribution is 2.32. The second kappa shape index (κ2) is 5.86. The summed E-state index contributed by atoms with van der Waals surface area (Å²) in [6.07, 6.45) is 1.32. The predicted octanol–water partition coefficient (Wildman–Crippen LogP) is 3.46. The van der Waals surface area contributed by atoms with E-state index in [9.17, 15) is 13.6 Å². The van der Waals surface area contributed by atoms with E-state index >= 15 is 0 Å². The fraction of sp³-hybridized carbons (Fsp3) is 0.316. The van der Waals surface area contributed by atoms with Gasteiger partial charge in [0.05, 0.1) is 22.3 Å². The third-order valence-corrected chi connectivity index (χ3v) is 4.81. The quantitative estimate of drug-likeness (QED) is 0.671. The molecule has 3 aromatic rings. The summed E-state index contributed by atoms with van der Waals surface area (Å²) in [4.78, 5) is 19.3. The minimum absolute atomic E-state index is 0.247. The van der Waals surface area contributed by atoms with Crippen molar-refractivity contribution in [1.29, 1.82) is 0 Å². The van der Waals surface area contributed by atoms with Crippen molar-refractivity contribution >= 4 is 22.6 Å². The van der Waals surface area contributed by atoms with Gasteiger partial charge in [0.25, 0.3) is 5.91 Å². The summed E-state index contributed by atoms with van der Waals surface area (Å²) in [7, 11) is 1.78. The number of hydrogen-bond acceptors (Lipinski definition) is 3. The number of benzene rings is 1. The third-order valence-electron chi connectivity index (χ3n) is 4.81. The van der Waals surface area contributed by atoms with Crippen molar-refractivity contribution in [2.45, 2.75) is 26.7 Å². The standard InChI is InChI=1S/C19H18F2N4O/c1-10-7-13(17-11(2)23-24(3)18(17)22-10)19(26)25-6-4-5-12-8-14(20)15(21)9-16(12)25/h7-9H,4-6H2,1-3H3. The zero-order chi connectivity index (χ0) is 18.6. The number of pyridine rings is 1. The molecular formula is C19H18F2N4O. The average molecular weight is 356 g/mol. The molecule has 0 N–H and O–H groups in total. The Morgan fingerprint density at radius 2 is 1.88 bits per heavy atom. The summed E-state index contributed by atoms with van der Waals surface area (Å²) >= 11 is 0. The molecule has 0 atom stereocenters. The molecule has 7 heteroatoms. The zero-order valence-electron chi connectivity index (χ0n) is 14.8. The van der Waals surface area contributed by atoms with Gasteiger partial charge in [-0.15, -0.1) is 0 Å². The first kappa shape index (κ1) is 16.6. The third kappa shape index (κ3) is 2.46. The highest BCUT2D eigenvalue weighted by atomic mass is 19.2. The topological polar surface area (TPSA) is 51.0 Å². The molecule has 5 nitrogen and oxygen atoms in total. The number of amides is 1. The summed E-state index contributed by atoms with van der Waals surface area (Å²) in [6, 6.07) is 4.03. The van der Waals surface area contributed by atoms with Gasteiger partial charge in [-0.1, -0.05) is 0 Å². The smallest absolute Gasteiger partial charge is 0.259 e. The summed E-state index contributed by atoms with van der Waals surface area (Å²) in [6.45, 7) is 4.10. The van der Waals surface area contributed by atoms with Crippen molar-refractivity contribution < 1.29 is 13.6 Å². The lowest BCUT2D eigenvalue weighted by Crippen LogP contribution is -2.36. The Bertz CT molecular complexity index is 1060. The Labute approximate surface area is 149 Å². The molecule has 0 spiro atoms. The molecule has 1 aliphatic heterocycles. The lowest BCUT2D eigenvalue weighted by molar-refractivity contribution is 0.0986. The van der Waals surface area contributed by atoms with Gasteiger partial charge in [0.1, 0.15) is 0 Å². The molecule has 4 rings (SSSR count). The van der Waals surface area contributed by atoms with E-state index in [0.29, 0.717) is 58.6 Å². The van der Waals surface area contributed by atoms with Gasteiger partial charge in [-0.05, 0) is 44.4 Å². The first-order valence-corrected chi connectivity index (χ1v) is 8.47. The van der Waals surface area contributed by atoms with Crippen molar-refractivity contribution in [2.24, 2.45) is 7.05 Å². The number of rotatable bonds is 1. The van der Waals surface area contributed by atoms with Gasteiger partial charge in [-0.3, -0.25) is 9.48 Å². The lowest BCUT2D eigenvalue weighted by Gasteiger charge is -2.30. The first-order chi connectivity index (χ1) is 12.4. The van der Waals surface area contributed by atoms with Crippen LogP contribution in [0.5, 0.6) is 0 Å². The fourth-order valence-electron chi connectivity index (χ4n) is 3.67. The van der Waals surface area contributed by atoms with Gasteiger partial charge in [0.2, 0.25) is 0 Å². The number of hydrogen-bond donors (Lipinski definition) is 0. The minimum atomic E-state index is -0.947. The second-order valence-corrected chi connectivity index (χ2v) is 6.67. The summed E-state index contributed by atoms with van der Waals surface area (Å²) in [5.41, 5.74) is 3.61. The normalized spacial score (nSPS) is 14.0. The monoisotopic (exact) mass is 356 g/mol. The number of anilines is 1. The number of carbonyl (C=O) groups excluding carboxylic acids is 1. The van der Waals surface area contributed by atoms with E-state index < -0.39 is 11.6 Å². The Morgan fingerprint density at radius 1 is 1.15 bits per heavy atom. The molecule has 0 radical (unpaired) electrons. The number of aryl methyl sites for hydroxylation is 4. The fourth-order valence-corrected chi connectivity index (χ4v) is 3.67. The van der Waals surface area contributed by atoms with E-state index in [4.69, 9.17) is 0 Å². The van der Waals surface area contributed by atoms with Crippen LogP contribution in [0.25, 0.3) is 11.0 Å². The molecule has 1 aromatic carbocycles. The molecule has 2 aromatic heterocycles. The molecular weight excluding hydrogens is 338 g/mol. The van der Waals surface area contributed by atoms with Gasteiger partial charge in [0, 0.05) is 25.4 Å². The Morgan fingerprint density at radius 3 is 2.65 bits per heavy atom. The van der Waals surface area contributed by atoms with Crippen LogP contribution in [0, 0.1) is 25.5 Å². The van der Waals surface area contributed by atoms with Crippen molar-refractivity contribution in [1.82, 2.24) is 14.8 Å². The van der Waals surface area contributed by atoms with Gasteiger partial charge in [-0.2, -0.15) is 5.10 Å². The largest absolute Gasteiger partial charge is 0.308 e. The summed E-state index contributed by atoms with van der Waals surface area (Å²) in [5.74, 6) is -2.08. The molecule has 0 bridgehead atoms. The lowest BCUT2D eigenvalue weighted by atomic mass is 9.99. The highest BCUT2D eigenvalue weighted by molar-refractivity contribution is 6.14. The maximum absolute atomic E-state index is 13.8. The van der Waals surface area contributed by atoms with E-state index in [2.05, 4.69) is 10.1 Å². The number of halogens is 2. The molecule has 1 aliphatic rings. The number of carbonyl (C=O) groups is 1. The van der Waals surface area contributed by atoms with Crippen LogP contribution >= 0.6 is 0 Å².